The highest BCUT2D eigenvalue weighted by molar-refractivity contribution is 5.79. The van der Waals surface area contributed by atoms with Crippen LogP contribution in [0.1, 0.15) is 36.4 Å². The fourth-order valence-electron chi connectivity index (χ4n) is 4.74. The standard InChI is InChI=1S/C25H30N2O7/c1-3-10-26-21(28)13-27-12-18(16-6-9-19-20(11-16)33-14-22(29)34-19)23(25(30)31)24(27)15-4-7-17(32-2)8-5-15/h4-9,11,18,22-24,29H,3,10,12-14H2,1-2H3,(H,26,28)(H,30,31). The number of carboxylic acids is 1. The van der Waals surface area contributed by atoms with Crippen molar-refractivity contribution in [2.24, 2.45) is 5.92 Å². The molecular formula is C25H30N2O7. The van der Waals surface area contributed by atoms with Crippen molar-refractivity contribution in [1.29, 1.82) is 0 Å². The molecule has 0 spiro atoms. The molecule has 2 aromatic carbocycles. The normalized spacial score (nSPS) is 24.0. The van der Waals surface area contributed by atoms with Gasteiger partial charge in [-0.05, 0) is 41.8 Å². The van der Waals surface area contributed by atoms with E-state index in [1.807, 2.05) is 24.0 Å². The Labute approximate surface area is 198 Å². The Hall–Kier alpha value is -3.30. The molecule has 0 aromatic heterocycles. The highest BCUT2D eigenvalue weighted by Gasteiger charge is 2.48. The number of nitrogens with zero attached hydrogens (tertiary/aromatic N) is 1. The van der Waals surface area contributed by atoms with Crippen LogP contribution in [0.5, 0.6) is 17.2 Å². The first kappa shape index (κ1) is 23.8. The van der Waals surface area contributed by atoms with Crippen LogP contribution in [0.15, 0.2) is 42.5 Å². The Kier molecular flexibility index (Phi) is 7.23. The number of carboxylic acid groups (broad SMARTS) is 1. The molecule has 0 aliphatic carbocycles. The van der Waals surface area contributed by atoms with Gasteiger partial charge in [0.05, 0.1) is 19.6 Å². The monoisotopic (exact) mass is 470 g/mol. The number of aliphatic hydroxyl groups excluding tert-OH is 1. The largest absolute Gasteiger partial charge is 0.497 e. The first-order chi connectivity index (χ1) is 16.4. The van der Waals surface area contributed by atoms with Gasteiger partial charge in [0, 0.05) is 25.0 Å². The van der Waals surface area contributed by atoms with Gasteiger partial charge in [-0.25, -0.2) is 0 Å². The van der Waals surface area contributed by atoms with E-state index in [-0.39, 0.29) is 25.0 Å². The smallest absolute Gasteiger partial charge is 0.309 e. The van der Waals surface area contributed by atoms with Gasteiger partial charge in [-0.3, -0.25) is 14.5 Å². The number of nitrogens with one attached hydrogen (secondary N) is 1. The average Bonchev–Trinajstić information content (AvgIpc) is 3.21. The number of carbonyl (C=O) groups excluding carboxylic acids is 1. The van der Waals surface area contributed by atoms with E-state index < -0.39 is 24.2 Å². The highest BCUT2D eigenvalue weighted by atomic mass is 16.7. The molecule has 182 valence electrons. The van der Waals surface area contributed by atoms with Crippen molar-refractivity contribution in [3.05, 3.63) is 53.6 Å². The van der Waals surface area contributed by atoms with E-state index in [2.05, 4.69) is 5.32 Å². The third kappa shape index (κ3) is 4.95. The molecule has 3 N–H and O–H groups in total. The average molecular weight is 471 g/mol. The molecule has 0 saturated carbocycles. The first-order valence-corrected chi connectivity index (χ1v) is 11.4. The van der Waals surface area contributed by atoms with Gasteiger partial charge in [-0.2, -0.15) is 0 Å². The zero-order valence-corrected chi connectivity index (χ0v) is 19.3. The quantitative estimate of drug-likeness (QED) is 0.537. The van der Waals surface area contributed by atoms with Gasteiger partial charge in [-0.1, -0.05) is 25.1 Å². The molecule has 1 fully saturated rings. The lowest BCUT2D eigenvalue weighted by atomic mass is 9.82. The fraction of sp³-hybridized carbons (Fsp3) is 0.440. The first-order valence-electron chi connectivity index (χ1n) is 11.4. The molecule has 9 heteroatoms. The Balaban J connectivity index is 1.69. The van der Waals surface area contributed by atoms with Crippen molar-refractivity contribution in [2.45, 2.75) is 31.6 Å². The molecule has 2 aliphatic heterocycles. The molecule has 0 radical (unpaired) electrons. The summed E-state index contributed by atoms with van der Waals surface area (Å²) in [7, 11) is 1.58. The number of amides is 1. The lowest BCUT2D eigenvalue weighted by Gasteiger charge is -2.27. The summed E-state index contributed by atoms with van der Waals surface area (Å²) in [6.45, 7) is 3.03. The molecule has 2 aromatic rings. The molecule has 4 unspecified atom stereocenters. The molecule has 2 aliphatic rings. The maximum Gasteiger partial charge on any atom is 0.309 e. The van der Waals surface area contributed by atoms with Crippen LogP contribution < -0.4 is 19.5 Å². The van der Waals surface area contributed by atoms with Crippen LogP contribution in [-0.2, 0) is 9.59 Å². The SMILES string of the molecule is CCCNC(=O)CN1CC(c2ccc3c(c2)OCC(O)O3)C(C(=O)O)C1c1ccc(OC)cc1. The van der Waals surface area contributed by atoms with Gasteiger partial charge in [0.25, 0.3) is 0 Å². The second-order valence-electron chi connectivity index (χ2n) is 8.56. The summed E-state index contributed by atoms with van der Waals surface area (Å²) in [5.74, 6) is -0.702. The van der Waals surface area contributed by atoms with Crippen LogP contribution in [0.25, 0.3) is 0 Å². The summed E-state index contributed by atoms with van der Waals surface area (Å²) in [4.78, 5) is 27.1. The lowest BCUT2D eigenvalue weighted by molar-refractivity contribution is -0.143. The van der Waals surface area contributed by atoms with Crippen molar-refractivity contribution in [3.8, 4) is 17.2 Å². The number of carbonyl (C=O) groups is 2. The van der Waals surface area contributed by atoms with Crippen molar-refractivity contribution >= 4 is 11.9 Å². The van der Waals surface area contributed by atoms with Gasteiger partial charge in [-0.15, -0.1) is 0 Å². The molecule has 9 nitrogen and oxygen atoms in total. The fourth-order valence-corrected chi connectivity index (χ4v) is 4.74. The lowest BCUT2D eigenvalue weighted by Crippen LogP contribution is -2.38. The molecule has 4 atom stereocenters. The van der Waals surface area contributed by atoms with E-state index in [9.17, 15) is 19.8 Å². The van der Waals surface area contributed by atoms with Gasteiger partial charge < -0.3 is 29.7 Å². The molecular weight excluding hydrogens is 440 g/mol. The molecule has 2 heterocycles. The molecule has 0 bridgehead atoms. The summed E-state index contributed by atoms with van der Waals surface area (Å²) >= 11 is 0. The van der Waals surface area contributed by atoms with Gasteiger partial charge in [0.15, 0.2) is 18.1 Å². The summed E-state index contributed by atoms with van der Waals surface area (Å²) < 4.78 is 16.2. The predicted octanol–water partition coefficient (Wildman–Crippen LogP) is 2.15. The number of benzene rings is 2. The highest BCUT2D eigenvalue weighted by Crippen LogP contribution is 2.47. The number of hydrogen-bond donors (Lipinski definition) is 3. The number of rotatable bonds is 8. The zero-order chi connectivity index (χ0) is 24.2. The molecule has 1 saturated heterocycles. The van der Waals surface area contributed by atoms with E-state index >= 15 is 0 Å². The Morgan fingerprint density at radius 2 is 1.88 bits per heavy atom. The van der Waals surface area contributed by atoms with Crippen LogP contribution in [0.3, 0.4) is 0 Å². The topological polar surface area (TPSA) is 118 Å². The Bertz CT molecular complexity index is 1030. The van der Waals surface area contributed by atoms with E-state index in [0.717, 1.165) is 17.5 Å². The summed E-state index contributed by atoms with van der Waals surface area (Å²) in [6.07, 6.45) is -0.215. The number of aliphatic hydroxyl groups is 1. The summed E-state index contributed by atoms with van der Waals surface area (Å²) in [6, 6.07) is 12.0. The number of likely N-dealkylation sites (tertiary alicyclic amines) is 1. The third-order valence-electron chi connectivity index (χ3n) is 6.30. The van der Waals surface area contributed by atoms with E-state index in [1.165, 1.54) is 0 Å². The molecule has 4 rings (SSSR count). The maximum absolute atomic E-state index is 12.6. The number of methoxy groups -OCH3 is 1. The van der Waals surface area contributed by atoms with Crippen LogP contribution in [0.2, 0.25) is 0 Å². The Morgan fingerprint density at radius 1 is 1.15 bits per heavy atom. The molecule has 1 amide bonds. The third-order valence-corrected chi connectivity index (χ3v) is 6.30. The van der Waals surface area contributed by atoms with Crippen LogP contribution in [0.4, 0.5) is 0 Å². The van der Waals surface area contributed by atoms with Crippen molar-refractivity contribution in [3.63, 3.8) is 0 Å². The van der Waals surface area contributed by atoms with Crippen LogP contribution in [0, 0.1) is 5.92 Å². The second kappa shape index (κ2) is 10.3. The van der Waals surface area contributed by atoms with E-state index in [4.69, 9.17) is 14.2 Å². The minimum atomic E-state index is -1.03. The van der Waals surface area contributed by atoms with E-state index in [0.29, 0.717) is 30.3 Å². The number of hydrogen-bond acceptors (Lipinski definition) is 7. The Morgan fingerprint density at radius 3 is 2.56 bits per heavy atom. The number of aliphatic carboxylic acids is 1. The maximum atomic E-state index is 12.6. The number of ether oxygens (including phenoxy) is 3. The minimum Gasteiger partial charge on any atom is -0.497 e. The van der Waals surface area contributed by atoms with E-state index in [1.54, 1.807) is 37.4 Å². The van der Waals surface area contributed by atoms with Gasteiger partial charge in [0.2, 0.25) is 12.2 Å². The summed E-state index contributed by atoms with van der Waals surface area (Å²) in [5.41, 5.74) is 1.58. The van der Waals surface area contributed by atoms with Crippen LogP contribution in [-0.4, -0.2) is 66.6 Å². The van der Waals surface area contributed by atoms with Crippen molar-refractivity contribution in [1.82, 2.24) is 10.2 Å². The zero-order valence-electron chi connectivity index (χ0n) is 19.3. The molecule has 34 heavy (non-hydrogen) atoms. The second-order valence-corrected chi connectivity index (χ2v) is 8.56. The van der Waals surface area contributed by atoms with Crippen molar-refractivity contribution < 1.29 is 34.0 Å². The predicted molar refractivity (Wildman–Crippen MR) is 123 cm³/mol. The van der Waals surface area contributed by atoms with Crippen molar-refractivity contribution in [2.75, 3.05) is 33.4 Å². The minimum absolute atomic E-state index is 0.00166. The summed E-state index contributed by atoms with van der Waals surface area (Å²) in [5, 5.41) is 22.8. The van der Waals surface area contributed by atoms with Gasteiger partial charge >= 0.3 is 5.97 Å². The van der Waals surface area contributed by atoms with Crippen LogP contribution >= 0.6 is 0 Å². The van der Waals surface area contributed by atoms with Gasteiger partial charge in [0.1, 0.15) is 5.75 Å². The number of fused-ring (bicyclic) bond motifs is 1.